The van der Waals surface area contributed by atoms with E-state index < -0.39 is 6.10 Å². The van der Waals surface area contributed by atoms with E-state index in [4.69, 9.17) is 11.6 Å². The number of aliphatic hydroxyl groups is 1. The number of aliphatic hydroxyl groups excluding tert-OH is 1. The third-order valence-corrected chi connectivity index (χ3v) is 3.98. The van der Waals surface area contributed by atoms with Gasteiger partial charge < -0.3 is 14.9 Å². The minimum absolute atomic E-state index is 0.144. The van der Waals surface area contributed by atoms with Crippen LogP contribution in [0.2, 0.25) is 5.02 Å². The molecule has 0 bridgehead atoms. The molecule has 2 rings (SSSR count). The zero-order valence-corrected chi connectivity index (χ0v) is 13.4. The van der Waals surface area contributed by atoms with Crippen molar-refractivity contribution in [2.45, 2.75) is 26.4 Å². The number of amides is 1. The molecule has 0 aromatic heterocycles. The van der Waals surface area contributed by atoms with Crippen LogP contribution < -0.4 is 4.90 Å². The Morgan fingerprint density at radius 2 is 1.95 bits per heavy atom. The number of carbonyl (C=O) groups excluding carboxylic acids is 1. The molecular weight excluding hydrogens is 288 g/mol. The van der Waals surface area contributed by atoms with E-state index in [0.717, 1.165) is 23.8 Å². The van der Waals surface area contributed by atoms with Gasteiger partial charge in [-0.2, -0.15) is 0 Å². The lowest BCUT2D eigenvalue weighted by Crippen LogP contribution is -2.51. The molecule has 0 saturated carbocycles. The molecular formula is C16H23ClN2O2. The lowest BCUT2D eigenvalue weighted by Gasteiger charge is -2.37. The van der Waals surface area contributed by atoms with E-state index >= 15 is 0 Å². The Balaban J connectivity index is 1.89. The van der Waals surface area contributed by atoms with E-state index in [1.807, 2.05) is 38.1 Å². The predicted molar refractivity (Wildman–Crippen MR) is 85.7 cm³/mol. The standard InChI is InChI=1S/C16H23ClN2O2/c1-12(2)10-15(20)16(21)19-8-6-18(7-9-19)14-5-3-4-13(17)11-14/h3-5,11-12,15,20H,6-10H2,1-2H3. The number of hydrogen-bond donors (Lipinski definition) is 1. The van der Waals surface area contributed by atoms with E-state index in [9.17, 15) is 9.90 Å². The van der Waals surface area contributed by atoms with Crippen LogP contribution in [0.4, 0.5) is 5.69 Å². The van der Waals surface area contributed by atoms with Crippen molar-refractivity contribution in [3.8, 4) is 0 Å². The second-order valence-electron chi connectivity index (χ2n) is 5.94. The van der Waals surface area contributed by atoms with Crippen molar-refractivity contribution in [1.82, 2.24) is 4.90 Å². The largest absolute Gasteiger partial charge is 0.383 e. The Morgan fingerprint density at radius 1 is 1.29 bits per heavy atom. The fourth-order valence-electron chi connectivity index (χ4n) is 2.62. The van der Waals surface area contributed by atoms with Gasteiger partial charge in [-0.05, 0) is 30.5 Å². The molecule has 116 valence electrons. The maximum Gasteiger partial charge on any atom is 0.251 e. The predicted octanol–water partition coefficient (Wildman–Crippen LogP) is 2.40. The molecule has 0 radical (unpaired) electrons. The van der Waals surface area contributed by atoms with Crippen LogP contribution in [0.1, 0.15) is 20.3 Å². The smallest absolute Gasteiger partial charge is 0.251 e. The number of nitrogens with zero attached hydrogens (tertiary/aromatic N) is 2. The summed E-state index contributed by atoms with van der Waals surface area (Å²) in [5.41, 5.74) is 1.08. The highest BCUT2D eigenvalue weighted by Crippen LogP contribution is 2.21. The van der Waals surface area contributed by atoms with Crippen LogP contribution in [0.15, 0.2) is 24.3 Å². The Morgan fingerprint density at radius 3 is 2.52 bits per heavy atom. The molecule has 1 aromatic rings. The van der Waals surface area contributed by atoms with Gasteiger partial charge in [-0.25, -0.2) is 0 Å². The Labute approximate surface area is 131 Å². The molecule has 0 aliphatic carbocycles. The summed E-state index contributed by atoms with van der Waals surface area (Å²) in [5.74, 6) is 0.172. The molecule has 1 amide bonds. The van der Waals surface area contributed by atoms with Gasteiger partial charge in [0.05, 0.1) is 0 Å². The quantitative estimate of drug-likeness (QED) is 0.928. The van der Waals surface area contributed by atoms with Gasteiger partial charge in [0.15, 0.2) is 0 Å². The second-order valence-corrected chi connectivity index (χ2v) is 6.37. The SMILES string of the molecule is CC(C)CC(O)C(=O)N1CCN(c2cccc(Cl)c2)CC1. The third kappa shape index (κ3) is 4.35. The Kier molecular flexibility index (Phi) is 5.48. The molecule has 1 unspecified atom stereocenters. The number of carbonyl (C=O) groups is 1. The average Bonchev–Trinajstić information content (AvgIpc) is 2.46. The van der Waals surface area contributed by atoms with Gasteiger partial charge in [0.25, 0.3) is 5.91 Å². The maximum atomic E-state index is 12.2. The molecule has 1 N–H and O–H groups in total. The lowest BCUT2D eigenvalue weighted by atomic mass is 10.0. The fourth-order valence-corrected chi connectivity index (χ4v) is 2.80. The molecule has 1 aliphatic heterocycles. The van der Waals surface area contributed by atoms with Crippen LogP contribution in [-0.2, 0) is 4.79 Å². The van der Waals surface area contributed by atoms with Crippen LogP contribution in [0.3, 0.4) is 0 Å². The summed E-state index contributed by atoms with van der Waals surface area (Å²) in [7, 11) is 0. The maximum absolute atomic E-state index is 12.2. The number of piperazine rings is 1. The highest BCUT2D eigenvalue weighted by atomic mass is 35.5. The molecule has 1 heterocycles. The van der Waals surface area contributed by atoms with Crippen LogP contribution in [0.5, 0.6) is 0 Å². The van der Waals surface area contributed by atoms with Gasteiger partial charge in [-0.15, -0.1) is 0 Å². The van der Waals surface area contributed by atoms with Gasteiger partial charge in [0, 0.05) is 36.9 Å². The summed E-state index contributed by atoms with van der Waals surface area (Å²) in [6.45, 7) is 6.82. The van der Waals surface area contributed by atoms with Crippen molar-refractivity contribution in [2.75, 3.05) is 31.1 Å². The van der Waals surface area contributed by atoms with Crippen molar-refractivity contribution >= 4 is 23.2 Å². The van der Waals surface area contributed by atoms with E-state index in [-0.39, 0.29) is 5.91 Å². The zero-order valence-electron chi connectivity index (χ0n) is 12.6. The first kappa shape index (κ1) is 16.1. The molecule has 1 aromatic carbocycles. The van der Waals surface area contributed by atoms with Gasteiger partial charge in [0.1, 0.15) is 6.10 Å². The molecule has 0 spiro atoms. The molecule has 1 saturated heterocycles. The number of hydrogen-bond acceptors (Lipinski definition) is 3. The summed E-state index contributed by atoms with van der Waals surface area (Å²) < 4.78 is 0. The van der Waals surface area contributed by atoms with Crippen LogP contribution >= 0.6 is 11.6 Å². The molecule has 4 nitrogen and oxygen atoms in total. The van der Waals surface area contributed by atoms with Gasteiger partial charge in [-0.1, -0.05) is 31.5 Å². The van der Waals surface area contributed by atoms with Crippen molar-refractivity contribution in [1.29, 1.82) is 0 Å². The topological polar surface area (TPSA) is 43.8 Å². The van der Waals surface area contributed by atoms with E-state index in [0.29, 0.717) is 25.4 Å². The van der Waals surface area contributed by atoms with E-state index in [1.54, 1.807) is 4.90 Å². The molecule has 1 aliphatic rings. The summed E-state index contributed by atoms with van der Waals surface area (Å²) in [6, 6.07) is 7.75. The number of benzene rings is 1. The Hall–Kier alpha value is -1.26. The fraction of sp³-hybridized carbons (Fsp3) is 0.562. The third-order valence-electron chi connectivity index (χ3n) is 3.74. The normalized spacial score (nSPS) is 17.2. The summed E-state index contributed by atoms with van der Waals surface area (Å²) in [5, 5.41) is 10.7. The van der Waals surface area contributed by atoms with Crippen LogP contribution in [0.25, 0.3) is 0 Å². The summed E-state index contributed by atoms with van der Waals surface area (Å²) >= 11 is 6.01. The number of halogens is 1. The van der Waals surface area contributed by atoms with E-state index in [2.05, 4.69) is 4.90 Å². The highest BCUT2D eigenvalue weighted by molar-refractivity contribution is 6.30. The van der Waals surface area contributed by atoms with Crippen LogP contribution in [0, 0.1) is 5.92 Å². The van der Waals surface area contributed by atoms with Crippen molar-refractivity contribution < 1.29 is 9.90 Å². The number of anilines is 1. The molecule has 21 heavy (non-hydrogen) atoms. The zero-order chi connectivity index (χ0) is 15.4. The van der Waals surface area contributed by atoms with Gasteiger partial charge >= 0.3 is 0 Å². The minimum atomic E-state index is -0.872. The second kappa shape index (κ2) is 7.14. The molecule has 5 heteroatoms. The first-order valence-corrected chi connectivity index (χ1v) is 7.82. The summed E-state index contributed by atoms with van der Waals surface area (Å²) in [6.07, 6.45) is -0.351. The van der Waals surface area contributed by atoms with Crippen molar-refractivity contribution in [3.05, 3.63) is 29.3 Å². The minimum Gasteiger partial charge on any atom is -0.383 e. The first-order valence-electron chi connectivity index (χ1n) is 7.44. The Bertz CT molecular complexity index is 485. The monoisotopic (exact) mass is 310 g/mol. The van der Waals surface area contributed by atoms with Gasteiger partial charge in [0.2, 0.25) is 0 Å². The number of rotatable bonds is 4. The molecule has 1 fully saturated rings. The van der Waals surface area contributed by atoms with Crippen molar-refractivity contribution in [3.63, 3.8) is 0 Å². The average molecular weight is 311 g/mol. The first-order chi connectivity index (χ1) is 9.97. The summed E-state index contributed by atoms with van der Waals surface area (Å²) in [4.78, 5) is 16.1. The van der Waals surface area contributed by atoms with Gasteiger partial charge in [-0.3, -0.25) is 4.79 Å². The van der Waals surface area contributed by atoms with E-state index in [1.165, 1.54) is 0 Å². The van der Waals surface area contributed by atoms with Crippen LogP contribution in [-0.4, -0.2) is 48.2 Å². The highest BCUT2D eigenvalue weighted by Gasteiger charge is 2.26. The lowest BCUT2D eigenvalue weighted by molar-refractivity contribution is -0.141. The van der Waals surface area contributed by atoms with Crippen molar-refractivity contribution in [2.24, 2.45) is 5.92 Å². The molecule has 1 atom stereocenters.